The van der Waals surface area contributed by atoms with Crippen molar-refractivity contribution in [2.24, 2.45) is 0 Å². The maximum Gasteiger partial charge on any atom is 0.258 e. The molecule has 0 fully saturated rings. The Morgan fingerprint density at radius 3 is 2.32 bits per heavy atom. The molecule has 1 atom stereocenters. The highest BCUT2D eigenvalue weighted by molar-refractivity contribution is 5.89. The molecule has 132 valence electrons. The number of amides is 2. The van der Waals surface area contributed by atoms with Crippen LogP contribution >= 0.6 is 0 Å². The molecule has 0 bridgehead atoms. The number of nitrogens with one attached hydrogen (secondary N) is 2. The van der Waals surface area contributed by atoms with Gasteiger partial charge in [0.05, 0.1) is 0 Å². The van der Waals surface area contributed by atoms with Gasteiger partial charge in [0.1, 0.15) is 17.6 Å². The minimum absolute atomic E-state index is 0.0772. The molecule has 0 aromatic heterocycles. The lowest BCUT2D eigenvalue weighted by atomic mass is 10.1. The van der Waals surface area contributed by atoms with E-state index >= 15 is 0 Å². The number of likely N-dealkylation sites (N-methyl/N-ethyl adjacent to an activating group) is 1. The summed E-state index contributed by atoms with van der Waals surface area (Å²) in [5.74, 6) is -3.66. The smallest absolute Gasteiger partial charge is 0.258 e. The highest BCUT2D eigenvalue weighted by Crippen LogP contribution is 2.17. The second-order valence-corrected chi connectivity index (χ2v) is 5.03. The third-order valence-corrected chi connectivity index (χ3v) is 3.27. The SMILES string of the molecule is CNC(=O)C(NC(=O)COc1ccc(F)cc1)c1ccc(F)c(F)c1. The first kappa shape index (κ1) is 18.3. The lowest BCUT2D eigenvalue weighted by Crippen LogP contribution is -2.41. The third kappa shape index (κ3) is 4.97. The number of rotatable bonds is 6. The van der Waals surface area contributed by atoms with Crippen LogP contribution in [0.5, 0.6) is 5.75 Å². The van der Waals surface area contributed by atoms with E-state index in [4.69, 9.17) is 4.74 Å². The molecule has 8 heteroatoms. The Kier molecular flexibility index (Phi) is 5.99. The van der Waals surface area contributed by atoms with Gasteiger partial charge in [-0.05, 0) is 42.0 Å². The largest absolute Gasteiger partial charge is 0.484 e. The Morgan fingerprint density at radius 1 is 1.04 bits per heavy atom. The maximum atomic E-state index is 13.4. The van der Waals surface area contributed by atoms with Crippen LogP contribution in [0.1, 0.15) is 11.6 Å². The Hall–Kier alpha value is -3.03. The summed E-state index contributed by atoms with van der Waals surface area (Å²) in [6, 6.07) is 6.69. The average molecular weight is 352 g/mol. The van der Waals surface area contributed by atoms with Crippen LogP contribution in [0.15, 0.2) is 42.5 Å². The first-order valence-corrected chi connectivity index (χ1v) is 7.25. The van der Waals surface area contributed by atoms with Crippen molar-refractivity contribution in [3.05, 3.63) is 65.5 Å². The predicted octanol–water partition coefficient (Wildman–Crippen LogP) is 2.09. The van der Waals surface area contributed by atoms with E-state index in [-0.39, 0.29) is 11.3 Å². The first-order chi connectivity index (χ1) is 11.9. The van der Waals surface area contributed by atoms with Crippen LogP contribution in [0.3, 0.4) is 0 Å². The molecule has 2 rings (SSSR count). The number of hydrogen-bond acceptors (Lipinski definition) is 3. The van der Waals surface area contributed by atoms with Gasteiger partial charge in [-0.1, -0.05) is 6.07 Å². The van der Waals surface area contributed by atoms with Crippen LogP contribution in [0.25, 0.3) is 0 Å². The topological polar surface area (TPSA) is 67.4 Å². The van der Waals surface area contributed by atoms with Crippen molar-refractivity contribution in [1.29, 1.82) is 0 Å². The zero-order valence-electron chi connectivity index (χ0n) is 13.2. The van der Waals surface area contributed by atoms with Crippen molar-refractivity contribution in [1.82, 2.24) is 10.6 Å². The van der Waals surface area contributed by atoms with E-state index in [0.29, 0.717) is 0 Å². The van der Waals surface area contributed by atoms with Crippen molar-refractivity contribution in [3.8, 4) is 5.75 Å². The lowest BCUT2D eigenvalue weighted by Gasteiger charge is -2.18. The molecule has 0 saturated carbocycles. The fourth-order valence-electron chi connectivity index (χ4n) is 2.02. The van der Waals surface area contributed by atoms with Gasteiger partial charge in [-0.15, -0.1) is 0 Å². The molecule has 0 aliphatic heterocycles. The monoisotopic (exact) mass is 352 g/mol. The second-order valence-electron chi connectivity index (χ2n) is 5.03. The Morgan fingerprint density at radius 2 is 1.72 bits per heavy atom. The highest BCUT2D eigenvalue weighted by Gasteiger charge is 2.23. The van der Waals surface area contributed by atoms with Crippen molar-refractivity contribution < 1.29 is 27.5 Å². The second kappa shape index (κ2) is 8.18. The van der Waals surface area contributed by atoms with Crippen LogP contribution in [-0.4, -0.2) is 25.5 Å². The van der Waals surface area contributed by atoms with Crippen LogP contribution in [0, 0.1) is 17.5 Å². The van der Waals surface area contributed by atoms with Crippen LogP contribution in [0.2, 0.25) is 0 Å². The molecule has 0 saturated heterocycles. The minimum Gasteiger partial charge on any atom is -0.484 e. The summed E-state index contributed by atoms with van der Waals surface area (Å²) >= 11 is 0. The molecular weight excluding hydrogens is 337 g/mol. The van der Waals surface area contributed by atoms with Gasteiger partial charge in [0, 0.05) is 7.05 Å². The highest BCUT2D eigenvalue weighted by atomic mass is 19.2. The van der Waals surface area contributed by atoms with E-state index < -0.39 is 41.9 Å². The average Bonchev–Trinajstić information content (AvgIpc) is 2.61. The Balaban J connectivity index is 2.05. The standard InChI is InChI=1S/C17H15F3N2O3/c1-21-17(24)16(10-2-7-13(19)14(20)8-10)22-15(23)9-25-12-5-3-11(18)4-6-12/h2-8,16H,9H2,1H3,(H,21,24)(H,22,23). The van der Waals surface area contributed by atoms with Crippen molar-refractivity contribution in [3.63, 3.8) is 0 Å². The number of hydrogen-bond donors (Lipinski definition) is 2. The van der Waals surface area contributed by atoms with Gasteiger partial charge < -0.3 is 15.4 Å². The Labute approximate surface area is 141 Å². The summed E-state index contributed by atoms with van der Waals surface area (Å²) in [5.41, 5.74) is 0.0772. The molecule has 0 aliphatic rings. The zero-order valence-corrected chi connectivity index (χ0v) is 13.2. The van der Waals surface area contributed by atoms with Crippen molar-refractivity contribution >= 4 is 11.8 Å². The van der Waals surface area contributed by atoms with E-state index in [1.165, 1.54) is 37.4 Å². The molecule has 2 amide bonds. The summed E-state index contributed by atoms with van der Waals surface area (Å²) in [6.45, 7) is -0.442. The van der Waals surface area contributed by atoms with E-state index in [1.807, 2.05) is 0 Å². The summed E-state index contributed by atoms with van der Waals surface area (Å²) in [4.78, 5) is 23.9. The number of ether oxygens (including phenoxy) is 1. The molecule has 0 radical (unpaired) electrons. The molecule has 5 nitrogen and oxygen atoms in total. The quantitative estimate of drug-likeness (QED) is 0.837. The van der Waals surface area contributed by atoms with E-state index in [1.54, 1.807) is 0 Å². The third-order valence-electron chi connectivity index (χ3n) is 3.27. The van der Waals surface area contributed by atoms with Crippen molar-refractivity contribution in [2.45, 2.75) is 6.04 Å². The molecule has 0 spiro atoms. The van der Waals surface area contributed by atoms with Gasteiger partial charge in [0.25, 0.3) is 5.91 Å². The van der Waals surface area contributed by atoms with Gasteiger partial charge in [0.2, 0.25) is 5.91 Å². The number of carbonyl (C=O) groups is 2. The maximum absolute atomic E-state index is 13.4. The lowest BCUT2D eigenvalue weighted by molar-refractivity contribution is -0.129. The van der Waals surface area contributed by atoms with E-state index in [9.17, 15) is 22.8 Å². The first-order valence-electron chi connectivity index (χ1n) is 7.25. The van der Waals surface area contributed by atoms with Gasteiger partial charge in [-0.25, -0.2) is 13.2 Å². The summed E-state index contributed by atoms with van der Waals surface area (Å²) in [6.07, 6.45) is 0. The fraction of sp³-hybridized carbons (Fsp3) is 0.176. The molecule has 0 heterocycles. The van der Waals surface area contributed by atoms with E-state index in [2.05, 4.69) is 10.6 Å². The van der Waals surface area contributed by atoms with Crippen LogP contribution < -0.4 is 15.4 Å². The number of halogens is 3. The summed E-state index contributed by atoms with van der Waals surface area (Å²) < 4.78 is 44.4. The van der Waals surface area contributed by atoms with Gasteiger partial charge in [0.15, 0.2) is 18.2 Å². The molecule has 2 aromatic rings. The zero-order chi connectivity index (χ0) is 18.4. The molecule has 0 aliphatic carbocycles. The fourth-order valence-corrected chi connectivity index (χ4v) is 2.02. The molecule has 2 N–H and O–H groups in total. The number of benzene rings is 2. The van der Waals surface area contributed by atoms with Gasteiger partial charge in [-0.3, -0.25) is 9.59 Å². The molecule has 1 unspecified atom stereocenters. The van der Waals surface area contributed by atoms with Crippen LogP contribution in [-0.2, 0) is 9.59 Å². The van der Waals surface area contributed by atoms with Crippen LogP contribution in [0.4, 0.5) is 13.2 Å². The number of carbonyl (C=O) groups excluding carboxylic acids is 2. The van der Waals surface area contributed by atoms with E-state index in [0.717, 1.165) is 12.1 Å². The van der Waals surface area contributed by atoms with Crippen molar-refractivity contribution in [2.75, 3.05) is 13.7 Å². The predicted molar refractivity (Wildman–Crippen MR) is 83.2 cm³/mol. The van der Waals surface area contributed by atoms with Gasteiger partial charge >= 0.3 is 0 Å². The molecular formula is C17H15F3N2O3. The molecule has 2 aromatic carbocycles. The summed E-state index contributed by atoms with van der Waals surface area (Å²) in [5, 5.41) is 4.70. The van der Waals surface area contributed by atoms with Gasteiger partial charge in [-0.2, -0.15) is 0 Å². The Bertz CT molecular complexity index is 766. The minimum atomic E-state index is -1.22. The molecule has 25 heavy (non-hydrogen) atoms. The normalized spacial score (nSPS) is 11.5. The summed E-state index contributed by atoms with van der Waals surface area (Å²) in [7, 11) is 1.34.